The summed E-state index contributed by atoms with van der Waals surface area (Å²) in [7, 11) is 0. The average molecular weight is 332 g/mol. The predicted molar refractivity (Wildman–Crippen MR) is 81.6 cm³/mol. The van der Waals surface area contributed by atoms with Gasteiger partial charge in [0.05, 0.1) is 17.5 Å². The molecule has 1 aromatic rings. The Morgan fingerprint density at radius 1 is 1.48 bits per heavy atom. The third-order valence-electron chi connectivity index (χ3n) is 3.51. The number of fused-ring (bicyclic) bond motifs is 1. The lowest BCUT2D eigenvalue weighted by Crippen LogP contribution is -2.40. The van der Waals surface area contributed by atoms with Gasteiger partial charge in [-0.3, -0.25) is 0 Å². The number of halogens is 1. The summed E-state index contributed by atoms with van der Waals surface area (Å²) in [4.78, 5) is 8.02. The van der Waals surface area contributed by atoms with Crippen LogP contribution in [0.3, 0.4) is 0 Å². The number of aromatic nitrogens is 2. The van der Waals surface area contributed by atoms with Crippen molar-refractivity contribution in [2.45, 2.75) is 43.2 Å². The minimum Gasteiger partial charge on any atom is -0.390 e. The molecule has 0 bridgehead atoms. The molecular weight excluding hydrogens is 314 g/mol. The van der Waals surface area contributed by atoms with E-state index in [1.807, 2.05) is 13.8 Å². The zero-order valence-corrected chi connectivity index (χ0v) is 13.4. The van der Waals surface area contributed by atoms with Crippen molar-refractivity contribution < 1.29 is 14.6 Å². The molecule has 0 aliphatic carbocycles. The molecule has 3 heterocycles. The summed E-state index contributed by atoms with van der Waals surface area (Å²) < 4.78 is 11.7. The summed E-state index contributed by atoms with van der Waals surface area (Å²) in [6.45, 7) is 4.14. The number of ether oxygens (including phenoxy) is 2. The summed E-state index contributed by atoms with van der Waals surface area (Å²) in [6, 6.07) is 0. The molecule has 0 aromatic carbocycles. The van der Waals surface area contributed by atoms with E-state index in [0.29, 0.717) is 17.5 Å². The molecule has 2 saturated heterocycles. The first-order chi connectivity index (χ1) is 9.96. The molecule has 21 heavy (non-hydrogen) atoms. The van der Waals surface area contributed by atoms with Gasteiger partial charge in [-0.1, -0.05) is 11.6 Å². The Kier molecular flexibility index (Phi) is 4.29. The second-order valence-corrected chi connectivity index (χ2v) is 7.15. The van der Waals surface area contributed by atoms with Crippen molar-refractivity contribution in [3.63, 3.8) is 0 Å². The van der Waals surface area contributed by atoms with Gasteiger partial charge >= 0.3 is 0 Å². The van der Waals surface area contributed by atoms with E-state index in [4.69, 9.17) is 21.1 Å². The Labute approximate surface area is 132 Å². The number of hydrogen-bond donors (Lipinski definition) is 2. The van der Waals surface area contributed by atoms with Crippen LogP contribution < -0.4 is 5.32 Å². The molecule has 2 unspecified atom stereocenters. The van der Waals surface area contributed by atoms with Gasteiger partial charge in [-0.2, -0.15) is 11.8 Å². The van der Waals surface area contributed by atoms with Crippen molar-refractivity contribution in [2.24, 2.45) is 0 Å². The number of aliphatic hydroxyl groups excluding tert-OH is 1. The zero-order valence-electron chi connectivity index (χ0n) is 11.8. The van der Waals surface area contributed by atoms with Gasteiger partial charge in [0.1, 0.15) is 6.10 Å². The number of nitrogens with one attached hydrogen (secondary N) is 1. The maximum Gasteiger partial charge on any atom is 0.171 e. The molecule has 0 saturated carbocycles. The fourth-order valence-electron chi connectivity index (χ4n) is 2.66. The number of rotatable bonds is 4. The average Bonchev–Trinajstić information content (AvgIpc) is 2.92. The smallest absolute Gasteiger partial charge is 0.171 e. The maximum absolute atomic E-state index is 10.4. The van der Waals surface area contributed by atoms with Gasteiger partial charge in [0, 0.05) is 24.7 Å². The third-order valence-corrected chi connectivity index (χ3v) is 5.27. The molecule has 0 amide bonds. The van der Waals surface area contributed by atoms with E-state index in [9.17, 15) is 5.11 Å². The van der Waals surface area contributed by atoms with Crippen LogP contribution in [-0.4, -0.2) is 56.7 Å². The summed E-state index contributed by atoms with van der Waals surface area (Å²) in [5, 5.41) is 13.7. The third kappa shape index (κ3) is 3.27. The second kappa shape index (κ2) is 5.89. The first-order valence-electron chi connectivity index (χ1n) is 6.82. The van der Waals surface area contributed by atoms with E-state index in [2.05, 4.69) is 15.3 Å². The number of aliphatic hydroxyl groups is 1. The Hall–Kier alpha value is -0.600. The molecule has 2 aliphatic heterocycles. The Balaban J connectivity index is 1.59. The molecule has 3 rings (SSSR count). The Bertz CT molecular complexity index is 519. The standard InChI is InChI=1S/C13H18ClN3O3S/c1-13(2)19-8-6-21-10(9(8)20-13)7(18)5-17-12-11(14)15-3-4-16-12/h3-4,7-10,18H,5-6H2,1-2H3,(H,16,17)/t7?,8?,9-,10-/m0/s1. The van der Waals surface area contributed by atoms with E-state index < -0.39 is 11.9 Å². The Morgan fingerprint density at radius 2 is 2.24 bits per heavy atom. The zero-order chi connectivity index (χ0) is 15.0. The fraction of sp³-hybridized carbons (Fsp3) is 0.692. The van der Waals surface area contributed by atoms with Crippen molar-refractivity contribution >= 4 is 29.2 Å². The highest BCUT2D eigenvalue weighted by molar-refractivity contribution is 8.00. The van der Waals surface area contributed by atoms with Crippen molar-refractivity contribution in [1.29, 1.82) is 0 Å². The largest absolute Gasteiger partial charge is 0.390 e. The predicted octanol–water partition coefficient (Wildman–Crippen LogP) is 1.54. The van der Waals surface area contributed by atoms with Crippen LogP contribution in [0.15, 0.2) is 12.4 Å². The number of nitrogens with zero attached hydrogens (tertiary/aromatic N) is 2. The van der Waals surface area contributed by atoms with E-state index >= 15 is 0 Å². The van der Waals surface area contributed by atoms with Crippen LogP contribution in [0, 0.1) is 0 Å². The molecule has 0 spiro atoms. The first kappa shape index (κ1) is 15.3. The van der Waals surface area contributed by atoms with Gasteiger partial charge in [0.25, 0.3) is 0 Å². The highest BCUT2D eigenvalue weighted by Crippen LogP contribution is 2.42. The number of thioether (sulfide) groups is 1. The minimum atomic E-state index is -0.583. The maximum atomic E-state index is 10.4. The van der Waals surface area contributed by atoms with Crippen molar-refractivity contribution in [3.8, 4) is 0 Å². The van der Waals surface area contributed by atoms with Crippen molar-refractivity contribution in [1.82, 2.24) is 9.97 Å². The van der Waals surface area contributed by atoms with Gasteiger partial charge in [0.2, 0.25) is 0 Å². The van der Waals surface area contributed by atoms with Crippen LogP contribution in [0.25, 0.3) is 0 Å². The van der Waals surface area contributed by atoms with Gasteiger partial charge < -0.3 is 19.9 Å². The van der Waals surface area contributed by atoms with Crippen LogP contribution in [0.1, 0.15) is 13.8 Å². The molecule has 2 aliphatic rings. The highest BCUT2D eigenvalue weighted by Gasteiger charge is 2.51. The fourth-order valence-corrected chi connectivity index (χ4v) is 4.24. The Morgan fingerprint density at radius 3 is 3.00 bits per heavy atom. The first-order valence-corrected chi connectivity index (χ1v) is 8.24. The molecule has 2 N–H and O–H groups in total. The van der Waals surface area contributed by atoms with E-state index in [-0.39, 0.29) is 17.5 Å². The quantitative estimate of drug-likeness (QED) is 0.866. The normalized spacial score (nSPS) is 31.9. The summed E-state index contributed by atoms with van der Waals surface area (Å²) in [6.07, 6.45) is 2.45. The van der Waals surface area contributed by atoms with Crippen LogP contribution in [0.5, 0.6) is 0 Å². The van der Waals surface area contributed by atoms with Crippen LogP contribution in [0.4, 0.5) is 5.82 Å². The molecule has 116 valence electrons. The molecule has 0 radical (unpaired) electrons. The SMILES string of the molecule is CC1(C)OC2CS[C@@H](C(O)CNc3nccnc3Cl)[C@H]2O1. The lowest BCUT2D eigenvalue weighted by molar-refractivity contribution is -0.147. The van der Waals surface area contributed by atoms with Gasteiger partial charge in [-0.15, -0.1) is 0 Å². The van der Waals surface area contributed by atoms with E-state index in [1.54, 1.807) is 18.0 Å². The van der Waals surface area contributed by atoms with Crippen molar-refractivity contribution in [3.05, 3.63) is 17.5 Å². The van der Waals surface area contributed by atoms with Gasteiger partial charge in [-0.05, 0) is 13.8 Å². The lowest BCUT2D eigenvalue weighted by Gasteiger charge is -2.25. The second-order valence-electron chi connectivity index (χ2n) is 5.58. The highest BCUT2D eigenvalue weighted by atomic mass is 35.5. The molecule has 2 fully saturated rings. The lowest BCUT2D eigenvalue weighted by atomic mass is 10.1. The monoisotopic (exact) mass is 331 g/mol. The molecule has 4 atom stereocenters. The number of anilines is 1. The van der Waals surface area contributed by atoms with Gasteiger partial charge in [-0.25, -0.2) is 9.97 Å². The summed E-state index contributed by atoms with van der Waals surface area (Å²) in [5.41, 5.74) is 0. The topological polar surface area (TPSA) is 76.5 Å². The van der Waals surface area contributed by atoms with Crippen LogP contribution in [-0.2, 0) is 9.47 Å². The minimum absolute atomic E-state index is 0.0280. The van der Waals surface area contributed by atoms with Crippen LogP contribution in [0.2, 0.25) is 5.15 Å². The van der Waals surface area contributed by atoms with E-state index in [1.165, 1.54) is 6.20 Å². The molecule has 8 heteroatoms. The summed E-state index contributed by atoms with van der Waals surface area (Å²) >= 11 is 7.60. The summed E-state index contributed by atoms with van der Waals surface area (Å²) in [5.74, 6) is 0.735. The molecular formula is C13H18ClN3O3S. The van der Waals surface area contributed by atoms with Crippen molar-refractivity contribution in [2.75, 3.05) is 17.6 Å². The molecule has 1 aromatic heterocycles. The van der Waals surface area contributed by atoms with E-state index in [0.717, 1.165) is 5.75 Å². The van der Waals surface area contributed by atoms with Crippen LogP contribution >= 0.6 is 23.4 Å². The molecule has 6 nitrogen and oxygen atoms in total. The van der Waals surface area contributed by atoms with Gasteiger partial charge in [0.15, 0.2) is 16.8 Å². The number of hydrogen-bond acceptors (Lipinski definition) is 7.